The van der Waals surface area contributed by atoms with Crippen LogP contribution in [0.4, 0.5) is 4.79 Å². The maximum absolute atomic E-state index is 12.7. The van der Waals surface area contributed by atoms with Crippen LogP contribution in [0.25, 0.3) is 17.2 Å². The van der Waals surface area contributed by atoms with Gasteiger partial charge >= 0.3 is 5.76 Å². The molecule has 0 radical (unpaired) electrons. The molecule has 1 N–H and O–H groups in total. The van der Waals surface area contributed by atoms with Gasteiger partial charge < -0.3 is 19.2 Å². The Hall–Kier alpha value is -3.99. The number of carbonyl (C=O) groups is 3. The summed E-state index contributed by atoms with van der Waals surface area (Å²) in [5.41, 5.74) is 1.91. The molecule has 3 aromatic rings. The zero-order chi connectivity index (χ0) is 24.4. The Labute approximate surface area is 203 Å². The number of aromatic nitrogens is 1. The average molecular weight is 496 g/mol. The molecule has 1 fully saturated rings. The van der Waals surface area contributed by atoms with Crippen LogP contribution in [0.3, 0.4) is 0 Å². The van der Waals surface area contributed by atoms with E-state index in [-0.39, 0.29) is 37.4 Å². The number of ether oxygens (including phenoxy) is 2. The van der Waals surface area contributed by atoms with E-state index in [2.05, 4.69) is 5.32 Å². The molecule has 5 rings (SSSR count). The van der Waals surface area contributed by atoms with Gasteiger partial charge in [0.1, 0.15) is 0 Å². The molecule has 3 heterocycles. The highest BCUT2D eigenvalue weighted by Gasteiger charge is 2.34. The predicted octanol–water partition coefficient (Wildman–Crippen LogP) is 2.96. The lowest BCUT2D eigenvalue weighted by Crippen LogP contribution is -2.37. The van der Waals surface area contributed by atoms with E-state index in [0.29, 0.717) is 40.5 Å². The van der Waals surface area contributed by atoms with Gasteiger partial charge in [-0.25, -0.2) is 4.79 Å². The van der Waals surface area contributed by atoms with Crippen LogP contribution in [0.15, 0.2) is 56.6 Å². The Morgan fingerprint density at radius 1 is 1.06 bits per heavy atom. The molecule has 35 heavy (non-hydrogen) atoms. The average Bonchev–Trinajstić information content (AvgIpc) is 3.51. The fraction of sp³-hybridized carbons (Fsp3) is 0.250. The number of hydrogen-bond donors (Lipinski definition) is 1. The molecule has 11 heteroatoms. The minimum absolute atomic E-state index is 0.0702. The third-order valence-electron chi connectivity index (χ3n) is 5.58. The van der Waals surface area contributed by atoms with Crippen molar-refractivity contribution in [1.82, 2.24) is 14.8 Å². The third kappa shape index (κ3) is 4.80. The van der Waals surface area contributed by atoms with Crippen LogP contribution in [0.1, 0.15) is 18.4 Å². The number of para-hydroxylation sites is 2. The number of aryl methyl sites for hydroxylation is 1. The van der Waals surface area contributed by atoms with E-state index in [1.54, 1.807) is 42.5 Å². The highest BCUT2D eigenvalue weighted by Crippen LogP contribution is 2.36. The van der Waals surface area contributed by atoms with Crippen LogP contribution in [-0.2, 0) is 16.1 Å². The molecule has 0 saturated carbocycles. The van der Waals surface area contributed by atoms with Crippen molar-refractivity contribution in [3.63, 3.8) is 0 Å². The Morgan fingerprint density at radius 3 is 2.77 bits per heavy atom. The number of fused-ring (bicyclic) bond motifs is 2. The molecular weight excluding hydrogens is 474 g/mol. The maximum Gasteiger partial charge on any atom is 0.419 e. The number of hydrogen-bond acceptors (Lipinski definition) is 8. The Bertz CT molecular complexity index is 1410. The summed E-state index contributed by atoms with van der Waals surface area (Å²) in [5.74, 6) is 0.134. The first-order valence-electron chi connectivity index (χ1n) is 11.0. The maximum atomic E-state index is 12.7. The number of amides is 3. The lowest BCUT2D eigenvalue weighted by atomic mass is 10.2. The fourth-order valence-electron chi connectivity index (χ4n) is 3.87. The number of nitrogens with zero attached hydrogens (tertiary/aromatic N) is 2. The smallest absolute Gasteiger partial charge is 0.419 e. The summed E-state index contributed by atoms with van der Waals surface area (Å²) in [6.45, 7) is 0.709. The second-order valence-electron chi connectivity index (χ2n) is 7.89. The lowest BCUT2D eigenvalue weighted by Gasteiger charge is -2.13. The number of benzene rings is 2. The monoisotopic (exact) mass is 495 g/mol. The van der Waals surface area contributed by atoms with Gasteiger partial charge in [0.15, 0.2) is 17.1 Å². The van der Waals surface area contributed by atoms with Gasteiger partial charge in [-0.05, 0) is 54.1 Å². The molecule has 2 aliphatic rings. The molecule has 2 aliphatic heterocycles. The highest BCUT2D eigenvalue weighted by atomic mass is 32.2. The third-order valence-corrected chi connectivity index (χ3v) is 6.49. The van der Waals surface area contributed by atoms with Crippen molar-refractivity contribution in [3.8, 4) is 11.5 Å². The predicted molar refractivity (Wildman–Crippen MR) is 128 cm³/mol. The lowest BCUT2D eigenvalue weighted by molar-refractivity contribution is -0.124. The molecule has 180 valence electrons. The van der Waals surface area contributed by atoms with Crippen LogP contribution >= 0.6 is 11.8 Å². The first kappa shape index (κ1) is 22.8. The molecule has 0 atom stereocenters. The molecule has 2 aromatic carbocycles. The highest BCUT2D eigenvalue weighted by molar-refractivity contribution is 8.18. The molecule has 0 unspecified atom stereocenters. The second-order valence-corrected chi connectivity index (χ2v) is 8.88. The molecular formula is C24H21N3O7S. The van der Waals surface area contributed by atoms with Crippen molar-refractivity contribution >= 4 is 46.0 Å². The number of thioether (sulfide) groups is 1. The van der Waals surface area contributed by atoms with Crippen LogP contribution in [0.2, 0.25) is 0 Å². The normalized spacial score (nSPS) is 16.0. The number of oxazole rings is 1. The van der Waals surface area contributed by atoms with Gasteiger partial charge in [-0.1, -0.05) is 18.2 Å². The van der Waals surface area contributed by atoms with E-state index in [1.165, 1.54) is 4.57 Å². The Morgan fingerprint density at radius 2 is 1.89 bits per heavy atom. The van der Waals surface area contributed by atoms with Crippen molar-refractivity contribution in [2.45, 2.75) is 19.4 Å². The second kappa shape index (κ2) is 9.71. The van der Waals surface area contributed by atoms with Crippen molar-refractivity contribution in [1.29, 1.82) is 0 Å². The largest absolute Gasteiger partial charge is 0.454 e. The van der Waals surface area contributed by atoms with Gasteiger partial charge in [0.05, 0.1) is 10.4 Å². The minimum Gasteiger partial charge on any atom is -0.454 e. The topological polar surface area (TPSA) is 120 Å². The van der Waals surface area contributed by atoms with Gasteiger partial charge in [-0.15, -0.1) is 0 Å². The van der Waals surface area contributed by atoms with Crippen molar-refractivity contribution in [2.24, 2.45) is 0 Å². The summed E-state index contributed by atoms with van der Waals surface area (Å²) in [7, 11) is 0. The van der Waals surface area contributed by atoms with E-state index in [0.717, 1.165) is 22.2 Å². The van der Waals surface area contributed by atoms with Gasteiger partial charge in [-0.2, -0.15) is 0 Å². The van der Waals surface area contributed by atoms with Crippen molar-refractivity contribution in [2.75, 3.05) is 19.9 Å². The first-order valence-corrected chi connectivity index (χ1v) is 11.8. The van der Waals surface area contributed by atoms with Crippen molar-refractivity contribution in [3.05, 3.63) is 63.5 Å². The molecule has 0 aliphatic carbocycles. The van der Waals surface area contributed by atoms with Crippen LogP contribution in [0.5, 0.6) is 11.5 Å². The van der Waals surface area contributed by atoms with Gasteiger partial charge in [-0.3, -0.25) is 23.9 Å². The Kier molecular flexibility index (Phi) is 6.32. The summed E-state index contributed by atoms with van der Waals surface area (Å²) in [4.78, 5) is 50.6. The van der Waals surface area contributed by atoms with E-state index in [9.17, 15) is 19.2 Å². The van der Waals surface area contributed by atoms with E-state index < -0.39 is 11.7 Å². The van der Waals surface area contributed by atoms with Gasteiger partial charge in [0, 0.05) is 26.1 Å². The quantitative estimate of drug-likeness (QED) is 0.474. The summed E-state index contributed by atoms with van der Waals surface area (Å²) in [6.07, 6.45) is 2.26. The molecule has 0 bridgehead atoms. The molecule has 3 amide bonds. The summed E-state index contributed by atoms with van der Waals surface area (Å²) in [5, 5.41) is 2.33. The zero-order valence-electron chi connectivity index (χ0n) is 18.5. The molecule has 10 nitrogen and oxygen atoms in total. The van der Waals surface area contributed by atoms with E-state index in [1.807, 2.05) is 6.07 Å². The van der Waals surface area contributed by atoms with Crippen LogP contribution < -0.4 is 20.5 Å². The number of nitrogens with one attached hydrogen (secondary N) is 1. The van der Waals surface area contributed by atoms with Crippen LogP contribution in [0, 0.1) is 0 Å². The number of imide groups is 1. The van der Waals surface area contributed by atoms with Crippen molar-refractivity contribution < 1.29 is 28.3 Å². The molecule has 1 saturated heterocycles. The first-order chi connectivity index (χ1) is 17.0. The molecule has 1 aromatic heterocycles. The molecule has 0 spiro atoms. The van der Waals surface area contributed by atoms with E-state index >= 15 is 0 Å². The standard InChI is InChI=1S/C24H21N3O7S/c28-21(6-3-10-26-16-4-1-2-5-17(16)34-23(26)30)25-9-11-27-22(29)20(35-24(27)31)13-15-7-8-18-19(12-15)33-14-32-18/h1-2,4-5,7-8,12-13H,3,6,9-11,14H2,(H,25,28). The van der Waals surface area contributed by atoms with E-state index in [4.69, 9.17) is 13.9 Å². The zero-order valence-corrected chi connectivity index (χ0v) is 19.3. The fourth-order valence-corrected chi connectivity index (χ4v) is 4.73. The summed E-state index contributed by atoms with van der Waals surface area (Å²) < 4.78 is 17.3. The summed E-state index contributed by atoms with van der Waals surface area (Å²) in [6, 6.07) is 12.4. The van der Waals surface area contributed by atoms with Crippen LogP contribution in [-0.4, -0.2) is 46.4 Å². The number of carbonyl (C=O) groups excluding carboxylic acids is 3. The summed E-state index contributed by atoms with van der Waals surface area (Å²) >= 11 is 0.856. The minimum atomic E-state index is -0.459. The number of rotatable bonds is 8. The SMILES string of the molecule is O=C(CCCn1c(=O)oc2ccccc21)NCCN1C(=O)SC(=Cc2ccc3c(c2)OCO3)C1=O. The Balaban J connectivity index is 1.10. The van der Waals surface area contributed by atoms with Gasteiger partial charge in [0.25, 0.3) is 11.1 Å². The van der Waals surface area contributed by atoms with Gasteiger partial charge in [0.2, 0.25) is 12.7 Å².